The van der Waals surface area contributed by atoms with Gasteiger partial charge in [-0.1, -0.05) is 17.2 Å². The van der Waals surface area contributed by atoms with Gasteiger partial charge in [0.1, 0.15) is 5.75 Å². The van der Waals surface area contributed by atoms with Gasteiger partial charge in [0.05, 0.1) is 23.2 Å². The van der Waals surface area contributed by atoms with E-state index in [9.17, 15) is 13.2 Å². The van der Waals surface area contributed by atoms with Crippen molar-refractivity contribution in [3.05, 3.63) is 54.1 Å². The van der Waals surface area contributed by atoms with Gasteiger partial charge in [-0.25, -0.2) is 8.42 Å². The minimum atomic E-state index is -3.35. The smallest absolute Gasteiger partial charge is 0.322 e. The third kappa shape index (κ3) is 5.04. The molecule has 1 amide bonds. The number of ether oxygens (including phenoxy) is 1. The van der Waals surface area contributed by atoms with E-state index in [1.165, 1.54) is 12.1 Å². The van der Waals surface area contributed by atoms with Crippen molar-refractivity contribution in [2.75, 3.05) is 11.9 Å². The number of hydrogen-bond donors (Lipinski definition) is 1. The second kappa shape index (κ2) is 9.08. The quantitative estimate of drug-likeness (QED) is 0.583. The molecule has 0 saturated heterocycles. The van der Waals surface area contributed by atoms with Gasteiger partial charge < -0.3 is 9.15 Å². The molecule has 0 atom stereocenters. The second-order valence-electron chi connectivity index (χ2n) is 6.83. The Kier molecular flexibility index (Phi) is 6.51. The third-order valence-electron chi connectivity index (χ3n) is 4.32. The fourth-order valence-electron chi connectivity index (χ4n) is 2.67. The molecule has 3 aromatic rings. The molecule has 1 aromatic heterocycles. The van der Waals surface area contributed by atoms with Gasteiger partial charge in [-0.05, 0) is 62.7 Å². The molecule has 0 radical (unpaired) electrons. The maximum Gasteiger partial charge on any atom is 0.322 e. The maximum atomic E-state index is 12.2. The topological polar surface area (TPSA) is 111 Å². The van der Waals surface area contributed by atoms with Crippen LogP contribution in [0.2, 0.25) is 0 Å². The van der Waals surface area contributed by atoms with E-state index in [4.69, 9.17) is 9.15 Å². The zero-order chi connectivity index (χ0) is 21.7. The van der Waals surface area contributed by atoms with Crippen molar-refractivity contribution in [3.63, 3.8) is 0 Å². The standard InChI is InChI=1S/C21H23N3O5S/c1-4-28-17-9-5-15(6-10-17)13-19(25)22-21-24-23-20(29-21)16-7-11-18(12-8-16)30(26,27)14(2)3/h5-12,14H,4,13H2,1-3H3,(H,22,24,25). The van der Waals surface area contributed by atoms with Crippen molar-refractivity contribution in [1.82, 2.24) is 10.2 Å². The molecule has 1 N–H and O–H groups in total. The van der Waals surface area contributed by atoms with Crippen LogP contribution in [-0.2, 0) is 21.1 Å². The van der Waals surface area contributed by atoms with Crippen molar-refractivity contribution >= 4 is 21.8 Å². The van der Waals surface area contributed by atoms with E-state index in [0.29, 0.717) is 12.2 Å². The number of nitrogens with zero attached hydrogens (tertiary/aromatic N) is 2. The van der Waals surface area contributed by atoms with Crippen molar-refractivity contribution in [1.29, 1.82) is 0 Å². The maximum absolute atomic E-state index is 12.2. The lowest BCUT2D eigenvalue weighted by Gasteiger charge is -2.07. The summed E-state index contributed by atoms with van der Waals surface area (Å²) in [7, 11) is -3.35. The highest BCUT2D eigenvalue weighted by Crippen LogP contribution is 2.23. The van der Waals surface area contributed by atoms with Gasteiger partial charge in [0.25, 0.3) is 0 Å². The van der Waals surface area contributed by atoms with Crippen LogP contribution < -0.4 is 10.1 Å². The molecule has 158 valence electrons. The van der Waals surface area contributed by atoms with Crippen molar-refractivity contribution in [2.45, 2.75) is 37.3 Å². The summed E-state index contributed by atoms with van der Waals surface area (Å²) >= 11 is 0. The summed E-state index contributed by atoms with van der Waals surface area (Å²) in [5.74, 6) is 0.628. The lowest BCUT2D eigenvalue weighted by atomic mass is 10.1. The molecule has 0 saturated carbocycles. The molecular formula is C21H23N3O5S. The van der Waals surface area contributed by atoms with Crippen molar-refractivity contribution in [2.24, 2.45) is 0 Å². The van der Waals surface area contributed by atoms with Crippen LogP contribution in [0.1, 0.15) is 26.3 Å². The molecule has 9 heteroatoms. The number of rotatable bonds is 8. The van der Waals surface area contributed by atoms with E-state index in [1.54, 1.807) is 38.1 Å². The predicted molar refractivity (Wildman–Crippen MR) is 112 cm³/mol. The SMILES string of the molecule is CCOc1ccc(CC(=O)Nc2nnc(-c3ccc(S(=O)(=O)C(C)C)cc3)o2)cc1. The van der Waals surface area contributed by atoms with Crippen LogP contribution in [-0.4, -0.2) is 36.4 Å². The summed E-state index contributed by atoms with van der Waals surface area (Å²) in [4.78, 5) is 12.4. The normalized spacial score (nSPS) is 11.5. The Hall–Kier alpha value is -3.20. The Morgan fingerprint density at radius 3 is 2.33 bits per heavy atom. The largest absolute Gasteiger partial charge is 0.494 e. The van der Waals surface area contributed by atoms with Gasteiger partial charge in [0.15, 0.2) is 9.84 Å². The van der Waals surface area contributed by atoms with Gasteiger partial charge >= 0.3 is 6.01 Å². The molecule has 0 unspecified atom stereocenters. The number of aromatic nitrogens is 2. The summed E-state index contributed by atoms with van der Waals surface area (Å²) in [6.45, 7) is 5.74. The van der Waals surface area contributed by atoms with E-state index in [2.05, 4.69) is 15.5 Å². The van der Waals surface area contributed by atoms with Gasteiger partial charge in [-0.3, -0.25) is 10.1 Å². The van der Waals surface area contributed by atoms with E-state index >= 15 is 0 Å². The molecular weight excluding hydrogens is 406 g/mol. The molecule has 8 nitrogen and oxygen atoms in total. The van der Waals surface area contributed by atoms with Gasteiger partial charge in [0.2, 0.25) is 11.8 Å². The average Bonchev–Trinajstić information content (AvgIpc) is 3.18. The Morgan fingerprint density at radius 2 is 1.73 bits per heavy atom. The van der Waals surface area contributed by atoms with Gasteiger partial charge in [0, 0.05) is 5.56 Å². The Balaban J connectivity index is 1.64. The van der Waals surface area contributed by atoms with Crippen LogP contribution in [0.15, 0.2) is 57.8 Å². The Morgan fingerprint density at radius 1 is 1.07 bits per heavy atom. The highest BCUT2D eigenvalue weighted by atomic mass is 32.2. The Bertz CT molecular complexity index is 1100. The molecule has 0 spiro atoms. The molecule has 1 heterocycles. The molecule has 0 bridgehead atoms. The van der Waals surface area contributed by atoms with E-state index in [0.717, 1.165) is 11.3 Å². The number of sulfone groups is 1. The average molecular weight is 429 g/mol. The van der Waals surface area contributed by atoms with Gasteiger partial charge in [-0.15, -0.1) is 5.10 Å². The number of hydrogen-bond acceptors (Lipinski definition) is 7. The molecule has 30 heavy (non-hydrogen) atoms. The van der Waals surface area contributed by atoms with Crippen LogP contribution in [0.3, 0.4) is 0 Å². The number of amides is 1. The van der Waals surface area contributed by atoms with Gasteiger partial charge in [-0.2, -0.15) is 0 Å². The minimum Gasteiger partial charge on any atom is -0.494 e. The third-order valence-corrected chi connectivity index (χ3v) is 6.49. The highest BCUT2D eigenvalue weighted by Gasteiger charge is 2.19. The number of carbonyl (C=O) groups is 1. The van der Waals surface area contributed by atoms with Crippen molar-refractivity contribution in [3.8, 4) is 17.2 Å². The van der Waals surface area contributed by atoms with E-state index in [-0.39, 0.29) is 29.1 Å². The lowest BCUT2D eigenvalue weighted by Crippen LogP contribution is -2.14. The first-order chi connectivity index (χ1) is 14.3. The van der Waals surface area contributed by atoms with Crippen LogP contribution in [0.5, 0.6) is 5.75 Å². The highest BCUT2D eigenvalue weighted by molar-refractivity contribution is 7.92. The first-order valence-corrected chi connectivity index (χ1v) is 11.0. The Labute approximate surface area is 175 Å². The molecule has 3 rings (SSSR count). The number of carbonyl (C=O) groups excluding carboxylic acids is 1. The number of nitrogens with one attached hydrogen (secondary N) is 1. The summed E-state index contributed by atoms with van der Waals surface area (Å²) in [5, 5.41) is 9.79. The monoisotopic (exact) mass is 429 g/mol. The molecule has 2 aromatic carbocycles. The second-order valence-corrected chi connectivity index (χ2v) is 9.34. The molecule has 0 fully saturated rings. The first-order valence-electron chi connectivity index (χ1n) is 9.49. The fraction of sp³-hybridized carbons (Fsp3) is 0.286. The zero-order valence-electron chi connectivity index (χ0n) is 17.0. The lowest BCUT2D eigenvalue weighted by molar-refractivity contribution is -0.115. The number of benzene rings is 2. The predicted octanol–water partition coefficient (Wildman–Crippen LogP) is 3.50. The van der Waals surface area contributed by atoms with Crippen molar-refractivity contribution < 1.29 is 22.4 Å². The van der Waals surface area contributed by atoms with Crippen LogP contribution in [0, 0.1) is 0 Å². The summed E-state index contributed by atoms with van der Waals surface area (Å²) in [6, 6.07) is 13.4. The number of anilines is 1. The summed E-state index contributed by atoms with van der Waals surface area (Å²) in [6.07, 6.45) is 0.145. The van der Waals surface area contributed by atoms with Crippen LogP contribution >= 0.6 is 0 Å². The summed E-state index contributed by atoms with van der Waals surface area (Å²) < 4.78 is 35.3. The van der Waals surface area contributed by atoms with Crippen LogP contribution in [0.25, 0.3) is 11.5 Å². The first kappa shape index (κ1) is 21.5. The molecule has 0 aliphatic carbocycles. The van der Waals surface area contributed by atoms with E-state index < -0.39 is 15.1 Å². The molecule has 0 aliphatic rings. The van der Waals surface area contributed by atoms with E-state index in [1.807, 2.05) is 19.1 Å². The zero-order valence-corrected chi connectivity index (χ0v) is 17.8. The fourth-order valence-corrected chi connectivity index (χ4v) is 3.73. The van der Waals surface area contributed by atoms with Crippen LogP contribution in [0.4, 0.5) is 6.01 Å². The summed E-state index contributed by atoms with van der Waals surface area (Å²) in [5.41, 5.74) is 1.37. The molecule has 0 aliphatic heterocycles. The minimum absolute atomic E-state index is 0.0279.